The summed E-state index contributed by atoms with van der Waals surface area (Å²) in [5, 5.41) is 0. The second-order valence-corrected chi connectivity index (χ2v) is 3.65. The maximum Gasteiger partial charge on any atom is 0.0226 e. The molecule has 1 aromatic rings. The molecular weight excluding hydrogens is 168 g/mol. The molecule has 0 fully saturated rings. The van der Waals surface area contributed by atoms with Crippen LogP contribution >= 0.6 is 11.6 Å². The fourth-order valence-corrected chi connectivity index (χ4v) is 1.68. The van der Waals surface area contributed by atoms with Crippen LogP contribution in [0.1, 0.15) is 18.9 Å². The van der Waals surface area contributed by atoms with Gasteiger partial charge >= 0.3 is 0 Å². The SMILES string of the molecule is CC(CCCl)Cc1ccccc1. The predicted octanol–water partition coefficient (Wildman–Crippen LogP) is 3.49. The van der Waals surface area contributed by atoms with Crippen LogP contribution in [0.3, 0.4) is 0 Å². The fraction of sp³-hybridized carbons (Fsp3) is 0.455. The van der Waals surface area contributed by atoms with E-state index in [-0.39, 0.29) is 0 Å². The Bertz CT molecular complexity index is 206. The quantitative estimate of drug-likeness (QED) is 0.626. The summed E-state index contributed by atoms with van der Waals surface area (Å²) in [7, 11) is 0. The summed E-state index contributed by atoms with van der Waals surface area (Å²) >= 11 is 5.66. The van der Waals surface area contributed by atoms with Gasteiger partial charge in [0.2, 0.25) is 0 Å². The summed E-state index contributed by atoms with van der Waals surface area (Å²) < 4.78 is 0. The number of rotatable bonds is 4. The first-order chi connectivity index (χ1) is 5.83. The lowest BCUT2D eigenvalue weighted by atomic mass is 9.99. The van der Waals surface area contributed by atoms with Crippen LogP contribution in [0.15, 0.2) is 30.3 Å². The topological polar surface area (TPSA) is 0 Å². The number of halogens is 1. The van der Waals surface area contributed by atoms with Gasteiger partial charge in [-0.3, -0.25) is 0 Å². The maximum absolute atomic E-state index is 5.66. The van der Waals surface area contributed by atoms with Crippen LogP contribution in [0, 0.1) is 5.92 Å². The van der Waals surface area contributed by atoms with Crippen LogP contribution in [0.4, 0.5) is 0 Å². The van der Waals surface area contributed by atoms with Gasteiger partial charge in [-0.1, -0.05) is 37.3 Å². The van der Waals surface area contributed by atoms with E-state index in [1.165, 1.54) is 5.56 Å². The molecule has 1 unspecified atom stereocenters. The molecule has 0 aliphatic heterocycles. The van der Waals surface area contributed by atoms with Crippen molar-refractivity contribution in [2.45, 2.75) is 19.8 Å². The zero-order valence-electron chi connectivity index (χ0n) is 7.46. The van der Waals surface area contributed by atoms with Crippen molar-refractivity contribution in [2.75, 3.05) is 5.88 Å². The van der Waals surface area contributed by atoms with Crippen LogP contribution in [0.2, 0.25) is 0 Å². The van der Waals surface area contributed by atoms with Gasteiger partial charge in [0.1, 0.15) is 0 Å². The van der Waals surface area contributed by atoms with Crippen LogP contribution < -0.4 is 0 Å². The Labute approximate surface area is 79.6 Å². The van der Waals surface area contributed by atoms with Crippen molar-refractivity contribution >= 4 is 11.6 Å². The Kier molecular flexibility index (Phi) is 4.16. The van der Waals surface area contributed by atoms with Crippen LogP contribution in [-0.4, -0.2) is 5.88 Å². The highest BCUT2D eigenvalue weighted by Crippen LogP contribution is 2.11. The molecule has 0 N–H and O–H groups in total. The molecule has 0 nitrogen and oxygen atoms in total. The Balaban J connectivity index is 2.41. The number of hydrogen-bond donors (Lipinski definition) is 0. The number of hydrogen-bond acceptors (Lipinski definition) is 0. The molecule has 0 saturated carbocycles. The Morgan fingerprint density at radius 2 is 1.92 bits per heavy atom. The lowest BCUT2D eigenvalue weighted by Gasteiger charge is -2.08. The molecule has 0 amide bonds. The molecule has 0 bridgehead atoms. The van der Waals surface area contributed by atoms with Gasteiger partial charge in [-0.15, -0.1) is 11.6 Å². The molecule has 1 aromatic carbocycles. The van der Waals surface area contributed by atoms with Gasteiger partial charge in [0.15, 0.2) is 0 Å². The van der Waals surface area contributed by atoms with E-state index in [9.17, 15) is 0 Å². The molecule has 0 aliphatic carbocycles. The Hall–Kier alpha value is -0.490. The largest absolute Gasteiger partial charge is 0.127 e. The van der Waals surface area contributed by atoms with Crippen molar-refractivity contribution in [3.63, 3.8) is 0 Å². The molecule has 0 aliphatic rings. The molecule has 1 heteroatoms. The minimum absolute atomic E-state index is 0.699. The van der Waals surface area contributed by atoms with E-state index >= 15 is 0 Å². The molecule has 0 heterocycles. The first kappa shape index (κ1) is 9.60. The molecule has 1 atom stereocenters. The van der Waals surface area contributed by atoms with E-state index in [2.05, 4.69) is 37.3 Å². The first-order valence-corrected chi connectivity index (χ1v) is 4.96. The fourth-order valence-electron chi connectivity index (χ4n) is 1.30. The van der Waals surface area contributed by atoms with Gasteiger partial charge < -0.3 is 0 Å². The highest BCUT2D eigenvalue weighted by atomic mass is 35.5. The average molecular weight is 183 g/mol. The predicted molar refractivity (Wildman–Crippen MR) is 54.6 cm³/mol. The molecule has 1 rings (SSSR count). The van der Waals surface area contributed by atoms with Gasteiger partial charge in [-0.05, 0) is 24.3 Å². The minimum Gasteiger partial charge on any atom is -0.127 e. The third kappa shape index (κ3) is 3.27. The van der Waals surface area contributed by atoms with Crippen molar-refractivity contribution in [3.05, 3.63) is 35.9 Å². The zero-order chi connectivity index (χ0) is 8.81. The van der Waals surface area contributed by atoms with Gasteiger partial charge in [0.25, 0.3) is 0 Å². The lowest BCUT2D eigenvalue weighted by Crippen LogP contribution is -1.99. The Morgan fingerprint density at radius 3 is 2.50 bits per heavy atom. The van der Waals surface area contributed by atoms with Gasteiger partial charge in [0.05, 0.1) is 0 Å². The summed E-state index contributed by atoms with van der Waals surface area (Å²) in [6.07, 6.45) is 2.25. The van der Waals surface area contributed by atoms with E-state index in [4.69, 9.17) is 11.6 Å². The minimum atomic E-state index is 0.699. The van der Waals surface area contributed by atoms with E-state index in [0.29, 0.717) is 5.92 Å². The number of alkyl halides is 1. The monoisotopic (exact) mass is 182 g/mol. The van der Waals surface area contributed by atoms with Crippen molar-refractivity contribution in [1.29, 1.82) is 0 Å². The molecule has 66 valence electrons. The summed E-state index contributed by atoms with van der Waals surface area (Å²) in [4.78, 5) is 0. The van der Waals surface area contributed by atoms with Crippen molar-refractivity contribution < 1.29 is 0 Å². The molecule has 12 heavy (non-hydrogen) atoms. The average Bonchev–Trinajstić information content (AvgIpc) is 2.06. The maximum atomic E-state index is 5.66. The zero-order valence-corrected chi connectivity index (χ0v) is 8.22. The summed E-state index contributed by atoms with van der Waals surface area (Å²) in [5.41, 5.74) is 1.41. The third-order valence-electron chi connectivity index (χ3n) is 2.03. The Morgan fingerprint density at radius 1 is 1.25 bits per heavy atom. The van der Waals surface area contributed by atoms with Crippen molar-refractivity contribution in [1.82, 2.24) is 0 Å². The van der Waals surface area contributed by atoms with Gasteiger partial charge in [0, 0.05) is 5.88 Å². The van der Waals surface area contributed by atoms with Crippen molar-refractivity contribution in [2.24, 2.45) is 5.92 Å². The highest BCUT2D eigenvalue weighted by molar-refractivity contribution is 6.17. The molecule has 0 spiro atoms. The smallest absolute Gasteiger partial charge is 0.0226 e. The van der Waals surface area contributed by atoms with E-state index < -0.39 is 0 Å². The number of benzene rings is 1. The van der Waals surface area contributed by atoms with E-state index in [0.717, 1.165) is 18.7 Å². The van der Waals surface area contributed by atoms with Crippen LogP contribution in [-0.2, 0) is 6.42 Å². The highest BCUT2D eigenvalue weighted by Gasteiger charge is 2.01. The lowest BCUT2D eigenvalue weighted by molar-refractivity contribution is 0.563. The van der Waals surface area contributed by atoms with Crippen LogP contribution in [0.5, 0.6) is 0 Å². The summed E-state index contributed by atoms with van der Waals surface area (Å²) in [6.45, 7) is 2.25. The molecule has 0 aromatic heterocycles. The summed E-state index contributed by atoms with van der Waals surface area (Å²) in [6, 6.07) is 10.6. The normalized spacial score (nSPS) is 12.8. The second-order valence-electron chi connectivity index (χ2n) is 3.27. The third-order valence-corrected chi connectivity index (χ3v) is 2.25. The molecule has 0 saturated heterocycles. The van der Waals surface area contributed by atoms with Gasteiger partial charge in [-0.25, -0.2) is 0 Å². The van der Waals surface area contributed by atoms with Gasteiger partial charge in [-0.2, -0.15) is 0 Å². The van der Waals surface area contributed by atoms with Crippen molar-refractivity contribution in [3.8, 4) is 0 Å². The summed E-state index contributed by atoms with van der Waals surface area (Å²) in [5.74, 6) is 1.47. The second kappa shape index (κ2) is 5.21. The standard InChI is InChI=1S/C11H15Cl/c1-10(7-8-12)9-11-5-3-2-4-6-11/h2-6,10H,7-9H2,1H3. The van der Waals surface area contributed by atoms with Crippen LogP contribution in [0.25, 0.3) is 0 Å². The first-order valence-electron chi connectivity index (χ1n) is 4.43. The molecular formula is C11H15Cl. The van der Waals surface area contributed by atoms with E-state index in [1.807, 2.05) is 0 Å². The van der Waals surface area contributed by atoms with E-state index in [1.54, 1.807) is 0 Å². The molecule has 0 radical (unpaired) electrons.